The molecule has 0 aliphatic carbocycles. The Morgan fingerprint density at radius 2 is 2.18 bits per heavy atom. The van der Waals surface area contributed by atoms with Crippen LogP contribution in [0.5, 0.6) is 0 Å². The maximum atomic E-state index is 11.9. The van der Waals surface area contributed by atoms with Gasteiger partial charge in [0.1, 0.15) is 5.69 Å². The van der Waals surface area contributed by atoms with Crippen molar-refractivity contribution in [3.05, 3.63) is 11.1 Å². The lowest BCUT2D eigenvalue weighted by Crippen LogP contribution is -2.34. The predicted molar refractivity (Wildman–Crippen MR) is 64.9 cm³/mol. The normalized spacial score (nSPS) is 16.7. The van der Waals surface area contributed by atoms with Gasteiger partial charge in [-0.25, -0.2) is 4.98 Å². The number of nitrogens with two attached hydrogens (primary N) is 1. The molecule has 0 bridgehead atoms. The van der Waals surface area contributed by atoms with Crippen LogP contribution in [-0.4, -0.2) is 29.9 Å². The zero-order valence-corrected chi connectivity index (χ0v) is 10.0. The van der Waals surface area contributed by atoms with Crippen LogP contribution in [-0.2, 0) is 4.79 Å². The molecule has 0 saturated carbocycles. The van der Waals surface area contributed by atoms with E-state index in [-0.39, 0.29) is 17.5 Å². The van der Waals surface area contributed by atoms with Crippen LogP contribution in [0.25, 0.3) is 0 Å². The molecule has 1 aliphatic heterocycles. The topological polar surface area (TPSA) is 97.1 Å². The summed E-state index contributed by atoms with van der Waals surface area (Å²) >= 11 is 1.21. The van der Waals surface area contributed by atoms with Gasteiger partial charge in [0.05, 0.1) is 0 Å². The summed E-state index contributed by atoms with van der Waals surface area (Å²) in [5.74, 6) is -0.585. The van der Waals surface area contributed by atoms with Crippen molar-refractivity contribution in [2.75, 3.05) is 18.4 Å². The number of aromatic nitrogens is 1. The molecule has 0 aromatic carbocycles. The van der Waals surface area contributed by atoms with Gasteiger partial charge in [-0.1, -0.05) is 0 Å². The minimum Gasteiger partial charge on any atom is -0.364 e. The minimum atomic E-state index is -0.580. The van der Waals surface area contributed by atoms with Gasteiger partial charge in [0.15, 0.2) is 5.13 Å². The molecule has 92 valence electrons. The highest BCUT2D eigenvalue weighted by Gasteiger charge is 2.21. The molecule has 0 radical (unpaired) electrons. The van der Waals surface area contributed by atoms with Crippen molar-refractivity contribution >= 4 is 28.3 Å². The first-order valence-corrected chi connectivity index (χ1v) is 6.31. The predicted octanol–water partition coefficient (Wildman–Crippen LogP) is 0.180. The average molecular weight is 254 g/mol. The van der Waals surface area contributed by atoms with Crippen molar-refractivity contribution in [1.29, 1.82) is 0 Å². The highest BCUT2D eigenvalue weighted by atomic mass is 32.1. The first kappa shape index (κ1) is 12.0. The van der Waals surface area contributed by atoms with Crippen LogP contribution in [0.15, 0.2) is 5.38 Å². The summed E-state index contributed by atoms with van der Waals surface area (Å²) in [6.07, 6.45) is 1.67. The van der Waals surface area contributed by atoms with E-state index in [2.05, 4.69) is 15.6 Å². The molecule has 1 fully saturated rings. The van der Waals surface area contributed by atoms with Gasteiger partial charge >= 0.3 is 0 Å². The Hall–Kier alpha value is -1.47. The molecule has 0 atom stereocenters. The minimum absolute atomic E-state index is 0.0252. The number of anilines is 1. The van der Waals surface area contributed by atoms with E-state index in [1.54, 1.807) is 5.38 Å². The molecule has 2 rings (SSSR count). The third-order valence-electron chi connectivity index (χ3n) is 2.70. The third-order valence-corrected chi connectivity index (χ3v) is 3.45. The fourth-order valence-electron chi connectivity index (χ4n) is 1.74. The number of carbonyl (C=O) groups is 2. The molecule has 6 nitrogen and oxygen atoms in total. The summed E-state index contributed by atoms with van der Waals surface area (Å²) in [6.45, 7) is 1.73. The molecular weight excluding hydrogens is 240 g/mol. The van der Waals surface area contributed by atoms with Crippen molar-refractivity contribution in [2.45, 2.75) is 12.8 Å². The highest BCUT2D eigenvalue weighted by molar-refractivity contribution is 7.14. The van der Waals surface area contributed by atoms with E-state index in [1.807, 2.05) is 0 Å². The van der Waals surface area contributed by atoms with E-state index >= 15 is 0 Å². The lowest BCUT2D eigenvalue weighted by atomic mass is 9.97. The summed E-state index contributed by atoms with van der Waals surface area (Å²) in [5.41, 5.74) is 5.28. The van der Waals surface area contributed by atoms with Gasteiger partial charge in [0.2, 0.25) is 5.91 Å². The SMILES string of the molecule is NC(=O)c1csc(NC(=O)C2CCNCC2)n1. The maximum Gasteiger partial charge on any atom is 0.268 e. The van der Waals surface area contributed by atoms with Crippen molar-refractivity contribution in [2.24, 2.45) is 11.7 Å². The average Bonchev–Trinajstić information content (AvgIpc) is 2.79. The summed E-state index contributed by atoms with van der Waals surface area (Å²) in [4.78, 5) is 26.6. The molecule has 17 heavy (non-hydrogen) atoms. The first-order valence-electron chi connectivity index (χ1n) is 5.43. The van der Waals surface area contributed by atoms with Gasteiger partial charge in [0.25, 0.3) is 5.91 Å². The lowest BCUT2D eigenvalue weighted by Gasteiger charge is -2.20. The Kier molecular flexibility index (Phi) is 3.70. The number of carbonyl (C=O) groups excluding carboxylic acids is 2. The Bertz CT molecular complexity index is 426. The molecule has 0 spiro atoms. The van der Waals surface area contributed by atoms with Crippen molar-refractivity contribution in [3.63, 3.8) is 0 Å². The second-order valence-electron chi connectivity index (χ2n) is 3.92. The van der Waals surface area contributed by atoms with E-state index < -0.39 is 5.91 Å². The summed E-state index contributed by atoms with van der Waals surface area (Å²) in [6, 6.07) is 0. The van der Waals surface area contributed by atoms with Crippen LogP contribution in [0.2, 0.25) is 0 Å². The van der Waals surface area contributed by atoms with Crippen LogP contribution in [0.1, 0.15) is 23.3 Å². The standard InChI is InChI=1S/C10H14N4O2S/c11-8(15)7-5-17-10(13-7)14-9(16)6-1-3-12-4-2-6/h5-6,12H,1-4H2,(H2,11,15)(H,13,14,16). The quantitative estimate of drug-likeness (QED) is 0.716. The van der Waals surface area contributed by atoms with Gasteiger partial charge in [-0.05, 0) is 25.9 Å². The van der Waals surface area contributed by atoms with Gasteiger partial charge in [0, 0.05) is 11.3 Å². The van der Waals surface area contributed by atoms with E-state index in [0.29, 0.717) is 5.13 Å². The van der Waals surface area contributed by atoms with Crippen molar-refractivity contribution in [3.8, 4) is 0 Å². The van der Waals surface area contributed by atoms with Gasteiger partial charge in [-0.3, -0.25) is 9.59 Å². The molecule has 2 amide bonds. The van der Waals surface area contributed by atoms with Crippen LogP contribution >= 0.6 is 11.3 Å². The molecule has 1 aromatic rings. The summed E-state index contributed by atoms with van der Waals surface area (Å²) in [7, 11) is 0. The maximum absolute atomic E-state index is 11.9. The van der Waals surface area contributed by atoms with E-state index in [9.17, 15) is 9.59 Å². The number of hydrogen-bond acceptors (Lipinski definition) is 5. The van der Waals surface area contributed by atoms with Crippen LogP contribution in [0.4, 0.5) is 5.13 Å². The molecule has 4 N–H and O–H groups in total. The number of piperidine rings is 1. The Morgan fingerprint density at radius 1 is 1.47 bits per heavy atom. The Balaban J connectivity index is 1.94. The Labute approximate surface area is 103 Å². The lowest BCUT2D eigenvalue weighted by molar-refractivity contribution is -0.120. The van der Waals surface area contributed by atoms with E-state index in [0.717, 1.165) is 25.9 Å². The van der Waals surface area contributed by atoms with Crippen LogP contribution < -0.4 is 16.4 Å². The molecule has 7 heteroatoms. The number of nitrogens with one attached hydrogen (secondary N) is 2. The molecule has 1 saturated heterocycles. The number of hydrogen-bond donors (Lipinski definition) is 3. The van der Waals surface area contributed by atoms with Crippen molar-refractivity contribution in [1.82, 2.24) is 10.3 Å². The highest BCUT2D eigenvalue weighted by Crippen LogP contribution is 2.18. The second-order valence-corrected chi connectivity index (χ2v) is 4.77. The molecule has 1 aliphatic rings. The third kappa shape index (κ3) is 3.01. The van der Waals surface area contributed by atoms with Crippen LogP contribution in [0.3, 0.4) is 0 Å². The number of thiazole rings is 1. The second kappa shape index (κ2) is 5.24. The van der Waals surface area contributed by atoms with Gasteiger partial charge in [-0.2, -0.15) is 0 Å². The number of amides is 2. The molecule has 0 unspecified atom stereocenters. The van der Waals surface area contributed by atoms with E-state index in [4.69, 9.17) is 5.73 Å². The zero-order valence-electron chi connectivity index (χ0n) is 9.23. The van der Waals surface area contributed by atoms with E-state index in [1.165, 1.54) is 11.3 Å². The smallest absolute Gasteiger partial charge is 0.268 e. The number of primary amides is 1. The Morgan fingerprint density at radius 3 is 2.76 bits per heavy atom. The fraction of sp³-hybridized carbons (Fsp3) is 0.500. The fourth-order valence-corrected chi connectivity index (χ4v) is 2.44. The number of rotatable bonds is 3. The number of nitrogens with zero attached hydrogens (tertiary/aromatic N) is 1. The first-order chi connectivity index (χ1) is 8.16. The monoisotopic (exact) mass is 254 g/mol. The molecule has 1 aromatic heterocycles. The summed E-state index contributed by atoms with van der Waals surface area (Å²) in [5, 5.41) is 7.89. The molecular formula is C10H14N4O2S. The van der Waals surface area contributed by atoms with Crippen molar-refractivity contribution < 1.29 is 9.59 Å². The zero-order chi connectivity index (χ0) is 12.3. The largest absolute Gasteiger partial charge is 0.364 e. The van der Waals surface area contributed by atoms with Crippen LogP contribution in [0, 0.1) is 5.92 Å². The van der Waals surface area contributed by atoms with Gasteiger partial charge < -0.3 is 16.4 Å². The molecule has 2 heterocycles. The van der Waals surface area contributed by atoms with Gasteiger partial charge in [-0.15, -0.1) is 11.3 Å². The summed E-state index contributed by atoms with van der Waals surface area (Å²) < 4.78 is 0.